The van der Waals surface area contributed by atoms with Gasteiger partial charge in [-0.05, 0) is 18.4 Å². The van der Waals surface area contributed by atoms with Crippen LogP contribution in [0, 0.1) is 0 Å². The normalized spacial score (nSPS) is 30.6. The Morgan fingerprint density at radius 2 is 2.35 bits per heavy atom. The summed E-state index contributed by atoms with van der Waals surface area (Å²) in [5.74, 6) is 0. The van der Waals surface area contributed by atoms with Crippen molar-refractivity contribution in [3.05, 3.63) is 11.6 Å². The lowest BCUT2D eigenvalue weighted by Crippen LogP contribution is -2.39. The fourth-order valence-corrected chi connectivity index (χ4v) is 2.65. The molecule has 1 fully saturated rings. The van der Waals surface area contributed by atoms with Crippen molar-refractivity contribution >= 4 is 0 Å². The average molecular weight is 240 g/mol. The fourth-order valence-electron chi connectivity index (χ4n) is 2.65. The second-order valence-electron chi connectivity index (χ2n) is 5.00. The molecule has 2 atom stereocenters. The third kappa shape index (κ3) is 3.78. The number of ether oxygens (including phenoxy) is 2. The Bertz CT molecular complexity index is 268. The summed E-state index contributed by atoms with van der Waals surface area (Å²) in [7, 11) is 3.57. The zero-order valence-electron chi connectivity index (χ0n) is 10.9. The summed E-state index contributed by atoms with van der Waals surface area (Å²) in [6, 6.07) is 0.595. The molecule has 0 spiro atoms. The van der Waals surface area contributed by atoms with Gasteiger partial charge in [0.05, 0.1) is 12.7 Å². The van der Waals surface area contributed by atoms with Crippen LogP contribution in [0.15, 0.2) is 11.6 Å². The molecule has 0 saturated carbocycles. The van der Waals surface area contributed by atoms with Gasteiger partial charge in [-0.1, -0.05) is 6.08 Å². The molecule has 2 aliphatic heterocycles. The minimum atomic E-state index is 0.407. The van der Waals surface area contributed by atoms with Gasteiger partial charge in [0.25, 0.3) is 0 Å². The van der Waals surface area contributed by atoms with Crippen LogP contribution < -0.4 is 5.32 Å². The molecular formula is C13H24N2O2. The van der Waals surface area contributed by atoms with Crippen LogP contribution in [-0.2, 0) is 9.47 Å². The summed E-state index contributed by atoms with van der Waals surface area (Å²) in [5.41, 5.74) is 1.44. The highest BCUT2D eigenvalue weighted by Gasteiger charge is 2.25. The molecule has 0 bridgehead atoms. The third-order valence-electron chi connectivity index (χ3n) is 3.71. The van der Waals surface area contributed by atoms with Crippen LogP contribution in [0.5, 0.6) is 0 Å². The van der Waals surface area contributed by atoms with E-state index in [-0.39, 0.29) is 0 Å². The molecule has 0 aliphatic carbocycles. The van der Waals surface area contributed by atoms with E-state index in [1.54, 1.807) is 14.2 Å². The molecule has 2 unspecified atom stereocenters. The van der Waals surface area contributed by atoms with E-state index < -0.39 is 0 Å². The van der Waals surface area contributed by atoms with Gasteiger partial charge >= 0.3 is 0 Å². The summed E-state index contributed by atoms with van der Waals surface area (Å²) >= 11 is 0. The molecule has 0 aromatic rings. The van der Waals surface area contributed by atoms with Crippen molar-refractivity contribution in [2.24, 2.45) is 0 Å². The van der Waals surface area contributed by atoms with E-state index in [1.807, 2.05) is 0 Å². The molecule has 0 amide bonds. The maximum atomic E-state index is 5.37. The SMILES string of the molecule is COCC1=CCN(CC2CC(OC)CN2)CC1. The number of methoxy groups -OCH3 is 2. The maximum Gasteiger partial charge on any atom is 0.0711 e. The minimum Gasteiger partial charge on any atom is -0.380 e. The van der Waals surface area contributed by atoms with Gasteiger partial charge in [0.15, 0.2) is 0 Å². The number of rotatable bonds is 5. The highest BCUT2D eigenvalue weighted by atomic mass is 16.5. The quantitative estimate of drug-likeness (QED) is 0.715. The van der Waals surface area contributed by atoms with Crippen molar-refractivity contribution in [2.75, 3.05) is 47.0 Å². The van der Waals surface area contributed by atoms with Gasteiger partial charge < -0.3 is 14.8 Å². The van der Waals surface area contributed by atoms with Gasteiger partial charge in [0.2, 0.25) is 0 Å². The van der Waals surface area contributed by atoms with Gasteiger partial charge in [-0.25, -0.2) is 0 Å². The molecule has 0 radical (unpaired) electrons. The topological polar surface area (TPSA) is 33.7 Å². The Hall–Kier alpha value is -0.420. The van der Waals surface area contributed by atoms with E-state index in [9.17, 15) is 0 Å². The molecule has 1 saturated heterocycles. The van der Waals surface area contributed by atoms with Crippen molar-refractivity contribution in [2.45, 2.75) is 25.0 Å². The van der Waals surface area contributed by atoms with E-state index in [4.69, 9.17) is 9.47 Å². The number of hydrogen-bond donors (Lipinski definition) is 1. The molecule has 98 valence electrons. The van der Waals surface area contributed by atoms with Crippen LogP contribution in [0.25, 0.3) is 0 Å². The summed E-state index contributed by atoms with van der Waals surface area (Å²) in [4.78, 5) is 2.51. The second kappa shape index (κ2) is 6.50. The first kappa shape index (κ1) is 13.0. The molecular weight excluding hydrogens is 216 g/mol. The molecule has 4 heteroatoms. The fraction of sp³-hybridized carbons (Fsp3) is 0.846. The lowest BCUT2D eigenvalue weighted by Gasteiger charge is -2.28. The summed E-state index contributed by atoms with van der Waals surface area (Å²) in [5, 5.41) is 3.53. The van der Waals surface area contributed by atoms with E-state index in [1.165, 1.54) is 5.57 Å². The van der Waals surface area contributed by atoms with Crippen LogP contribution in [0.2, 0.25) is 0 Å². The van der Waals surface area contributed by atoms with E-state index in [2.05, 4.69) is 16.3 Å². The van der Waals surface area contributed by atoms with Gasteiger partial charge in [0.1, 0.15) is 0 Å². The van der Waals surface area contributed by atoms with Crippen LogP contribution in [-0.4, -0.2) is 64.1 Å². The van der Waals surface area contributed by atoms with Gasteiger partial charge in [-0.3, -0.25) is 4.90 Å². The number of nitrogens with one attached hydrogen (secondary N) is 1. The average Bonchev–Trinajstić information content (AvgIpc) is 2.80. The first-order valence-electron chi connectivity index (χ1n) is 6.47. The van der Waals surface area contributed by atoms with Crippen LogP contribution in [0.3, 0.4) is 0 Å². The molecule has 0 aromatic heterocycles. The van der Waals surface area contributed by atoms with Gasteiger partial charge in [-0.15, -0.1) is 0 Å². The maximum absolute atomic E-state index is 5.37. The van der Waals surface area contributed by atoms with Crippen molar-refractivity contribution in [3.8, 4) is 0 Å². The predicted octanol–water partition coefficient (Wildman–Crippen LogP) is 0.642. The van der Waals surface area contributed by atoms with Crippen LogP contribution in [0.1, 0.15) is 12.8 Å². The smallest absolute Gasteiger partial charge is 0.0711 e. The Morgan fingerprint density at radius 1 is 1.47 bits per heavy atom. The lowest BCUT2D eigenvalue weighted by molar-refractivity contribution is 0.115. The molecule has 4 nitrogen and oxygen atoms in total. The zero-order valence-corrected chi connectivity index (χ0v) is 10.9. The summed E-state index contributed by atoms with van der Waals surface area (Å²) in [6.07, 6.45) is 5.01. The van der Waals surface area contributed by atoms with E-state index in [0.717, 1.165) is 45.6 Å². The first-order chi connectivity index (χ1) is 8.31. The molecule has 1 N–H and O–H groups in total. The highest BCUT2D eigenvalue weighted by molar-refractivity contribution is 5.08. The second-order valence-corrected chi connectivity index (χ2v) is 5.00. The molecule has 2 aliphatic rings. The third-order valence-corrected chi connectivity index (χ3v) is 3.71. The standard InChI is InChI=1S/C13H24N2O2/c1-16-10-11-3-5-15(6-4-11)9-12-7-13(17-2)8-14-12/h3,12-14H,4-10H2,1-2H3. The Balaban J connectivity index is 1.71. The molecule has 2 rings (SSSR count). The van der Waals surface area contributed by atoms with E-state index >= 15 is 0 Å². The van der Waals surface area contributed by atoms with Crippen molar-refractivity contribution in [3.63, 3.8) is 0 Å². The van der Waals surface area contributed by atoms with Crippen LogP contribution in [0.4, 0.5) is 0 Å². The Kier molecular flexibility index (Phi) is 4.98. The number of hydrogen-bond acceptors (Lipinski definition) is 4. The lowest BCUT2D eigenvalue weighted by atomic mass is 10.1. The zero-order chi connectivity index (χ0) is 12.1. The number of nitrogens with zero attached hydrogens (tertiary/aromatic N) is 1. The monoisotopic (exact) mass is 240 g/mol. The Labute approximate surface area is 104 Å². The van der Waals surface area contributed by atoms with Crippen LogP contribution >= 0.6 is 0 Å². The van der Waals surface area contributed by atoms with Crippen molar-refractivity contribution in [1.29, 1.82) is 0 Å². The highest BCUT2D eigenvalue weighted by Crippen LogP contribution is 2.15. The summed E-state index contributed by atoms with van der Waals surface area (Å²) in [6.45, 7) is 5.15. The predicted molar refractivity (Wildman–Crippen MR) is 68.2 cm³/mol. The van der Waals surface area contributed by atoms with Gasteiger partial charge in [-0.2, -0.15) is 0 Å². The Morgan fingerprint density at radius 3 is 2.94 bits per heavy atom. The van der Waals surface area contributed by atoms with Crippen molar-refractivity contribution in [1.82, 2.24) is 10.2 Å². The molecule has 2 heterocycles. The summed E-state index contributed by atoms with van der Waals surface area (Å²) < 4.78 is 10.5. The first-order valence-corrected chi connectivity index (χ1v) is 6.47. The largest absolute Gasteiger partial charge is 0.380 e. The minimum absolute atomic E-state index is 0.407. The van der Waals surface area contributed by atoms with Gasteiger partial charge in [0, 0.05) is 46.4 Å². The van der Waals surface area contributed by atoms with E-state index in [0.29, 0.717) is 12.1 Å². The molecule has 0 aromatic carbocycles. The molecule has 17 heavy (non-hydrogen) atoms. The van der Waals surface area contributed by atoms with Crippen molar-refractivity contribution < 1.29 is 9.47 Å².